The van der Waals surface area contributed by atoms with Gasteiger partial charge in [-0.3, -0.25) is 0 Å². The van der Waals surface area contributed by atoms with Gasteiger partial charge in [-0.1, -0.05) is 18.2 Å². The Labute approximate surface area is 111 Å². The van der Waals surface area contributed by atoms with Crippen LogP contribution in [0.1, 0.15) is 15.3 Å². The Morgan fingerprint density at radius 2 is 2.00 bits per heavy atom. The Balaban J connectivity index is 1.74. The van der Waals surface area contributed by atoms with E-state index in [1.165, 1.54) is 15.3 Å². The highest BCUT2D eigenvalue weighted by molar-refractivity contribution is 7.12. The second-order valence-corrected chi connectivity index (χ2v) is 6.17. The third-order valence-corrected chi connectivity index (χ3v) is 4.21. The van der Waals surface area contributed by atoms with Gasteiger partial charge in [0.25, 0.3) is 0 Å². The summed E-state index contributed by atoms with van der Waals surface area (Å²) in [6.07, 6.45) is 0. The Morgan fingerprint density at radius 3 is 2.56 bits per heavy atom. The van der Waals surface area contributed by atoms with Crippen molar-refractivity contribution in [1.29, 1.82) is 0 Å². The van der Waals surface area contributed by atoms with Gasteiger partial charge in [-0.25, -0.2) is 0 Å². The summed E-state index contributed by atoms with van der Waals surface area (Å²) in [4.78, 5) is 2.67. The first-order valence-corrected chi connectivity index (χ1v) is 6.91. The van der Waals surface area contributed by atoms with E-state index < -0.39 is 0 Å². The number of aryl methyl sites for hydroxylation is 2. The zero-order chi connectivity index (χ0) is 12.6. The van der Waals surface area contributed by atoms with Crippen LogP contribution in [-0.2, 0) is 10.3 Å². The van der Waals surface area contributed by atoms with E-state index in [-0.39, 0.29) is 5.60 Å². The van der Waals surface area contributed by atoms with E-state index >= 15 is 0 Å². The van der Waals surface area contributed by atoms with Gasteiger partial charge in [-0.2, -0.15) is 0 Å². The molecule has 2 aromatic rings. The molecule has 3 heteroatoms. The molecule has 1 fully saturated rings. The predicted octanol–water partition coefficient (Wildman–Crippen LogP) is 3.67. The van der Waals surface area contributed by atoms with Crippen LogP contribution in [0.2, 0.25) is 0 Å². The Kier molecular flexibility index (Phi) is 2.88. The van der Waals surface area contributed by atoms with Crippen LogP contribution < -0.4 is 4.74 Å². The number of ether oxygens (including phenoxy) is 2. The van der Waals surface area contributed by atoms with Crippen molar-refractivity contribution in [3.8, 4) is 5.75 Å². The molecule has 94 valence electrons. The molecule has 1 aromatic heterocycles. The van der Waals surface area contributed by atoms with Gasteiger partial charge in [0.2, 0.25) is 0 Å². The second kappa shape index (κ2) is 4.41. The van der Waals surface area contributed by atoms with E-state index in [9.17, 15) is 0 Å². The summed E-state index contributed by atoms with van der Waals surface area (Å²) in [6, 6.07) is 12.1. The number of para-hydroxylation sites is 1. The van der Waals surface area contributed by atoms with Crippen LogP contribution >= 0.6 is 11.3 Å². The minimum atomic E-state index is -0.204. The average molecular weight is 260 g/mol. The molecule has 0 saturated carbocycles. The van der Waals surface area contributed by atoms with E-state index in [0.29, 0.717) is 6.61 Å². The third kappa shape index (κ3) is 2.16. The van der Waals surface area contributed by atoms with Crippen LogP contribution in [0.5, 0.6) is 5.75 Å². The largest absolute Gasteiger partial charge is 0.490 e. The summed E-state index contributed by atoms with van der Waals surface area (Å²) in [7, 11) is 0. The molecule has 3 rings (SSSR count). The summed E-state index contributed by atoms with van der Waals surface area (Å²) in [5.74, 6) is 0.900. The van der Waals surface area contributed by atoms with Crippen LogP contribution in [0.25, 0.3) is 0 Å². The maximum Gasteiger partial charge on any atom is 0.151 e. The van der Waals surface area contributed by atoms with Gasteiger partial charge < -0.3 is 9.47 Å². The second-order valence-electron chi connectivity index (χ2n) is 4.71. The quantitative estimate of drug-likeness (QED) is 0.782. The third-order valence-electron chi connectivity index (χ3n) is 3.24. The maximum absolute atomic E-state index is 5.83. The van der Waals surface area contributed by atoms with Gasteiger partial charge in [0.1, 0.15) is 12.4 Å². The molecule has 0 N–H and O–H groups in total. The SMILES string of the molecule is Cc1cc(C2(COc3ccccc3)CO2)c(C)s1. The molecule has 1 aliphatic heterocycles. The lowest BCUT2D eigenvalue weighted by Gasteiger charge is -2.13. The molecular formula is C15H16O2S. The van der Waals surface area contributed by atoms with Crippen molar-refractivity contribution in [2.24, 2.45) is 0 Å². The standard InChI is InChI=1S/C15H16O2S/c1-11-8-14(12(2)18-11)15(10-17-15)9-16-13-6-4-3-5-7-13/h3-8H,9-10H2,1-2H3. The Morgan fingerprint density at radius 1 is 1.28 bits per heavy atom. The molecular weight excluding hydrogens is 244 g/mol. The summed E-state index contributed by atoms with van der Waals surface area (Å²) in [6.45, 7) is 5.64. The molecule has 1 aromatic carbocycles. The summed E-state index contributed by atoms with van der Waals surface area (Å²) >= 11 is 1.82. The Hall–Kier alpha value is -1.32. The molecule has 2 heterocycles. The van der Waals surface area contributed by atoms with Crippen molar-refractivity contribution in [1.82, 2.24) is 0 Å². The number of epoxide rings is 1. The molecule has 0 amide bonds. The first-order chi connectivity index (χ1) is 8.70. The number of hydrogen-bond donors (Lipinski definition) is 0. The van der Waals surface area contributed by atoms with Gasteiger partial charge in [0.05, 0.1) is 6.61 Å². The monoisotopic (exact) mass is 260 g/mol. The minimum Gasteiger partial charge on any atom is -0.490 e. The number of rotatable bonds is 4. The number of benzene rings is 1. The van der Waals surface area contributed by atoms with Crippen LogP contribution in [0.3, 0.4) is 0 Å². The van der Waals surface area contributed by atoms with Gasteiger partial charge >= 0.3 is 0 Å². The van der Waals surface area contributed by atoms with Crippen molar-refractivity contribution >= 4 is 11.3 Å². The normalized spacial score (nSPS) is 21.9. The van der Waals surface area contributed by atoms with Crippen LogP contribution in [0, 0.1) is 13.8 Å². The zero-order valence-electron chi connectivity index (χ0n) is 10.6. The Bertz CT molecular complexity index is 541. The number of thiophene rings is 1. The molecule has 0 aliphatic carbocycles. The van der Waals surface area contributed by atoms with E-state index in [4.69, 9.17) is 9.47 Å². The highest BCUT2D eigenvalue weighted by atomic mass is 32.1. The molecule has 1 atom stereocenters. The van der Waals surface area contributed by atoms with E-state index in [1.807, 2.05) is 41.7 Å². The summed E-state index contributed by atoms with van der Waals surface area (Å²) < 4.78 is 11.5. The lowest BCUT2D eigenvalue weighted by atomic mass is 10.0. The molecule has 0 bridgehead atoms. The molecule has 0 spiro atoms. The van der Waals surface area contributed by atoms with E-state index in [2.05, 4.69) is 19.9 Å². The number of hydrogen-bond acceptors (Lipinski definition) is 3. The molecule has 1 saturated heterocycles. The maximum atomic E-state index is 5.83. The molecule has 18 heavy (non-hydrogen) atoms. The smallest absolute Gasteiger partial charge is 0.151 e. The van der Waals surface area contributed by atoms with E-state index in [1.54, 1.807) is 0 Å². The highest BCUT2D eigenvalue weighted by Crippen LogP contribution is 2.43. The van der Waals surface area contributed by atoms with Gasteiger partial charge in [-0.15, -0.1) is 11.3 Å². The van der Waals surface area contributed by atoms with Crippen LogP contribution in [0.15, 0.2) is 36.4 Å². The fraction of sp³-hybridized carbons (Fsp3) is 0.333. The van der Waals surface area contributed by atoms with Crippen molar-refractivity contribution in [3.63, 3.8) is 0 Å². The van der Waals surface area contributed by atoms with Crippen LogP contribution in [0.4, 0.5) is 0 Å². The van der Waals surface area contributed by atoms with Crippen LogP contribution in [-0.4, -0.2) is 13.2 Å². The summed E-state index contributed by atoms with van der Waals surface area (Å²) in [5, 5.41) is 0. The van der Waals surface area contributed by atoms with Crippen molar-refractivity contribution in [2.45, 2.75) is 19.4 Å². The topological polar surface area (TPSA) is 21.8 Å². The predicted molar refractivity (Wildman–Crippen MR) is 73.4 cm³/mol. The lowest BCUT2D eigenvalue weighted by molar-refractivity contribution is 0.189. The zero-order valence-corrected chi connectivity index (χ0v) is 11.4. The molecule has 1 unspecified atom stereocenters. The fourth-order valence-corrected chi connectivity index (χ4v) is 3.22. The first kappa shape index (κ1) is 11.8. The van der Waals surface area contributed by atoms with E-state index in [0.717, 1.165) is 12.4 Å². The average Bonchev–Trinajstić information content (AvgIpc) is 3.08. The van der Waals surface area contributed by atoms with Crippen molar-refractivity contribution in [3.05, 3.63) is 51.7 Å². The lowest BCUT2D eigenvalue weighted by Crippen LogP contribution is -2.19. The molecule has 2 nitrogen and oxygen atoms in total. The van der Waals surface area contributed by atoms with Crippen molar-refractivity contribution < 1.29 is 9.47 Å². The van der Waals surface area contributed by atoms with Gasteiger partial charge in [-0.05, 0) is 32.0 Å². The summed E-state index contributed by atoms with van der Waals surface area (Å²) in [5.41, 5.74) is 1.09. The molecule has 1 aliphatic rings. The fourth-order valence-electron chi connectivity index (χ4n) is 2.20. The first-order valence-electron chi connectivity index (χ1n) is 6.09. The van der Waals surface area contributed by atoms with Gasteiger partial charge in [0, 0.05) is 15.3 Å². The minimum absolute atomic E-state index is 0.204. The van der Waals surface area contributed by atoms with Crippen molar-refractivity contribution in [2.75, 3.05) is 13.2 Å². The molecule has 0 radical (unpaired) electrons. The van der Waals surface area contributed by atoms with Gasteiger partial charge in [0.15, 0.2) is 5.60 Å². The highest BCUT2D eigenvalue weighted by Gasteiger charge is 2.49.